The van der Waals surface area contributed by atoms with Crippen molar-refractivity contribution in [3.63, 3.8) is 0 Å². The molecule has 0 unspecified atom stereocenters. The van der Waals surface area contributed by atoms with Crippen molar-refractivity contribution in [2.45, 2.75) is 19.1 Å². The van der Waals surface area contributed by atoms with E-state index in [1.54, 1.807) is 0 Å². The molecule has 84 valence electrons. The molecule has 1 N–H and O–H groups in total. The lowest BCUT2D eigenvalue weighted by atomic mass is 10.2. The topological polar surface area (TPSA) is 21.3 Å². The highest BCUT2D eigenvalue weighted by atomic mass is 127. The van der Waals surface area contributed by atoms with Gasteiger partial charge in [-0.2, -0.15) is 0 Å². The fraction of sp³-hybridized carbons (Fsp3) is 0.455. The summed E-state index contributed by atoms with van der Waals surface area (Å²) in [6, 6.07) is 8.49. The lowest BCUT2D eigenvalue weighted by Crippen LogP contribution is -2.16. The largest absolute Gasteiger partial charge is 0.372 e. The van der Waals surface area contributed by atoms with E-state index in [1.807, 2.05) is 0 Å². The van der Waals surface area contributed by atoms with Crippen LogP contribution in [0.15, 0.2) is 24.3 Å². The molecule has 2 rings (SSSR count). The quantitative estimate of drug-likeness (QED) is 0.855. The van der Waals surface area contributed by atoms with Gasteiger partial charge >= 0.3 is 0 Å². The van der Waals surface area contributed by atoms with Crippen LogP contribution in [0.1, 0.15) is 12.0 Å². The molecule has 0 spiro atoms. The average molecular weight is 340 g/mol. The normalized spacial score (nSPS) is 19.9. The van der Waals surface area contributed by atoms with E-state index in [9.17, 15) is 0 Å². The molecule has 1 saturated heterocycles. The molecule has 4 heteroatoms. The highest BCUT2D eigenvalue weighted by Crippen LogP contribution is 2.10. The van der Waals surface area contributed by atoms with Crippen LogP contribution >= 0.6 is 35.0 Å². The minimum atomic E-state index is 0. The van der Waals surface area contributed by atoms with Gasteiger partial charge in [0.1, 0.15) is 0 Å². The van der Waals surface area contributed by atoms with Crippen LogP contribution in [0.25, 0.3) is 0 Å². The highest BCUT2D eigenvalue weighted by Gasteiger charge is 2.14. The van der Waals surface area contributed by atoms with Crippen LogP contribution in [0.2, 0.25) is 0 Å². The maximum atomic E-state index is 5.76. The molecule has 0 bridgehead atoms. The summed E-state index contributed by atoms with van der Waals surface area (Å²) in [6.45, 7) is 2.84. The second-order valence-corrected chi connectivity index (χ2v) is 4.80. The molecule has 1 atom stereocenters. The molecule has 1 aromatic rings. The molecule has 1 aliphatic rings. The van der Waals surface area contributed by atoms with E-state index in [-0.39, 0.29) is 12.4 Å². The van der Waals surface area contributed by atoms with Crippen LogP contribution in [0.4, 0.5) is 0 Å². The van der Waals surface area contributed by atoms with Gasteiger partial charge in [-0.25, -0.2) is 0 Å². The molecule has 0 saturated carbocycles. The molecule has 1 aromatic carbocycles. The molecule has 1 aliphatic heterocycles. The number of halogens is 2. The molecular formula is C11H15ClINO. The predicted molar refractivity (Wildman–Crippen MR) is 72.5 cm³/mol. The molecule has 2 nitrogen and oxygen atoms in total. The molecule has 1 fully saturated rings. The maximum absolute atomic E-state index is 5.76. The van der Waals surface area contributed by atoms with Gasteiger partial charge in [-0.3, -0.25) is 0 Å². The van der Waals surface area contributed by atoms with E-state index in [1.165, 1.54) is 9.13 Å². The Hall–Kier alpha value is 0.160. The van der Waals surface area contributed by atoms with Gasteiger partial charge < -0.3 is 10.1 Å². The van der Waals surface area contributed by atoms with Crippen LogP contribution in [-0.2, 0) is 11.3 Å². The number of benzene rings is 1. The fourth-order valence-electron chi connectivity index (χ4n) is 1.57. The van der Waals surface area contributed by atoms with Gasteiger partial charge in [0, 0.05) is 10.1 Å². The molecule has 0 radical (unpaired) electrons. The third-order valence-corrected chi connectivity index (χ3v) is 3.13. The summed E-state index contributed by atoms with van der Waals surface area (Å²) in [5.74, 6) is 0. The Morgan fingerprint density at radius 1 is 1.33 bits per heavy atom. The van der Waals surface area contributed by atoms with Crippen molar-refractivity contribution in [1.82, 2.24) is 5.32 Å². The smallest absolute Gasteiger partial charge is 0.0721 e. The molecule has 1 heterocycles. The number of ether oxygens (including phenoxy) is 1. The van der Waals surface area contributed by atoms with Crippen molar-refractivity contribution in [3.05, 3.63) is 33.4 Å². The van der Waals surface area contributed by atoms with E-state index in [4.69, 9.17) is 4.74 Å². The third kappa shape index (κ3) is 4.26. The SMILES string of the molecule is Cl.Ic1ccc(CO[C@H]2CCNC2)cc1. The Kier molecular flexibility index (Phi) is 5.89. The molecule has 15 heavy (non-hydrogen) atoms. The standard InChI is InChI=1S/C11H14INO.ClH/c12-10-3-1-9(2-4-10)8-14-11-5-6-13-7-11;/h1-4,11,13H,5-8H2;1H/t11-;/m0./s1. The third-order valence-electron chi connectivity index (χ3n) is 2.41. The van der Waals surface area contributed by atoms with E-state index < -0.39 is 0 Å². The van der Waals surface area contributed by atoms with Gasteiger partial charge in [-0.1, -0.05) is 12.1 Å². The summed E-state index contributed by atoms with van der Waals surface area (Å²) >= 11 is 2.31. The van der Waals surface area contributed by atoms with Gasteiger partial charge in [-0.05, 0) is 53.3 Å². The first-order valence-corrected chi connectivity index (χ1v) is 5.99. The second-order valence-electron chi connectivity index (χ2n) is 3.55. The molecule has 0 amide bonds. The molecular weight excluding hydrogens is 324 g/mol. The Labute approximate surface area is 110 Å². The van der Waals surface area contributed by atoms with E-state index in [0.29, 0.717) is 6.10 Å². The van der Waals surface area contributed by atoms with Crippen LogP contribution in [0.3, 0.4) is 0 Å². The Morgan fingerprint density at radius 3 is 2.67 bits per heavy atom. The van der Waals surface area contributed by atoms with E-state index in [2.05, 4.69) is 52.2 Å². The van der Waals surface area contributed by atoms with Crippen LogP contribution in [-0.4, -0.2) is 19.2 Å². The monoisotopic (exact) mass is 339 g/mol. The highest BCUT2D eigenvalue weighted by molar-refractivity contribution is 14.1. The number of nitrogens with one attached hydrogen (secondary N) is 1. The van der Waals surface area contributed by atoms with Crippen molar-refractivity contribution >= 4 is 35.0 Å². The van der Waals surface area contributed by atoms with Gasteiger partial charge in [0.2, 0.25) is 0 Å². The Morgan fingerprint density at radius 2 is 2.07 bits per heavy atom. The van der Waals surface area contributed by atoms with Gasteiger partial charge in [0.05, 0.1) is 12.7 Å². The van der Waals surface area contributed by atoms with Crippen LogP contribution in [0.5, 0.6) is 0 Å². The second kappa shape index (κ2) is 6.68. The Balaban J connectivity index is 0.00000112. The summed E-state index contributed by atoms with van der Waals surface area (Å²) < 4.78 is 7.04. The summed E-state index contributed by atoms with van der Waals surface area (Å²) in [4.78, 5) is 0. The number of rotatable bonds is 3. The van der Waals surface area contributed by atoms with Gasteiger partial charge in [0.15, 0.2) is 0 Å². The maximum Gasteiger partial charge on any atom is 0.0721 e. The first kappa shape index (κ1) is 13.2. The van der Waals surface area contributed by atoms with E-state index in [0.717, 1.165) is 26.1 Å². The van der Waals surface area contributed by atoms with Gasteiger partial charge in [-0.15, -0.1) is 12.4 Å². The predicted octanol–water partition coefficient (Wildman–Crippen LogP) is 2.59. The average Bonchev–Trinajstić information content (AvgIpc) is 2.70. The van der Waals surface area contributed by atoms with Crippen molar-refractivity contribution in [2.75, 3.05) is 13.1 Å². The zero-order chi connectivity index (χ0) is 9.80. The summed E-state index contributed by atoms with van der Waals surface area (Å²) in [5.41, 5.74) is 1.26. The minimum absolute atomic E-state index is 0. The summed E-state index contributed by atoms with van der Waals surface area (Å²) in [5, 5.41) is 3.29. The van der Waals surface area contributed by atoms with Crippen molar-refractivity contribution in [3.8, 4) is 0 Å². The molecule has 0 aromatic heterocycles. The first-order valence-electron chi connectivity index (χ1n) is 4.91. The summed E-state index contributed by atoms with van der Waals surface area (Å²) in [7, 11) is 0. The lowest BCUT2D eigenvalue weighted by molar-refractivity contribution is 0.0542. The van der Waals surface area contributed by atoms with Crippen molar-refractivity contribution < 1.29 is 4.74 Å². The van der Waals surface area contributed by atoms with Gasteiger partial charge in [0.25, 0.3) is 0 Å². The molecule has 0 aliphatic carbocycles. The number of hydrogen-bond acceptors (Lipinski definition) is 2. The van der Waals surface area contributed by atoms with Crippen LogP contribution in [0, 0.1) is 3.57 Å². The lowest BCUT2D eigenvalue weighted by Gasteiger charge is -2.10. The van der Waals surface area contributed by atoms with Crippen molar-refractivity contribution in [1.29, 1.82) is 0 Å². The zero-order valence-corrected chi connectivity index (χ0v) is 11.4. The fourth-order valence-corrected chi connectivity index (χ4v) is 1.92. The Bertz CT molecular complexity index is 285. The summed E-state index contributed by atoms with van der Waals surface area (Å²) in [6.07, 6.45) is 1.55. The number of hydrogen-bond donors (Lipinski definition) is 1. The van der Waals surface area contributed by atoms with Crippen LogP contribution < -0.4 is 5.32 Å². The van der Waals surface area contributed by atoms with Crippen molar-refractivity contribution in [2.24, 2.45) is 0 Å². The van der Waals surface area contributed by atoms with E-state index >= 15 is 0 Å². The zero-order valence-electron chi connectivity index (χ0n) is 8.41. The first-order chi connectivity index (χ1) is 6.84. The minimum Gasteiger partial charge on any atom is -0.372 e.